The van der Waals surface area contributed by atoms with Crippen LogP contribution in [0.1, 0.15) is 20.8 Å². The molecule has 1 unspecified atom stereocenters. The summed E-state index contributed by atoms with van der Waals surface area (Å²) < 4.78 is 87.8. The molecular formula is C54H91N3O41. The smallest absolute Gasteiger partial charge is 0.217 e. The summed E-state index contributed by atoms with van der Waals surface area (Å²) in [4.78, 5) is 37.8. The lowest BCUT2D eigenvalue weighted by molar-refractivity contribution is -0.397. The van der Waals surface area contributed by atoms with Crippen LogP contribution < -0.4 is 16.0 Å². The molecule has 44 nitrogen and oxygen atoms in total. The Morgan fingerprint density at radius 1 is 0.265 bits per heavy atom. The van der Waals surface area contributed by atoms with Crippen LogP contribution in [0.3, 0.4) is 0 Å². The first-order valence-corrected chi connectivity index (χ1v) is 31.1. The fourth-order valence-electron chi connectivity index (χ4n) is 12.6. The zero-order valence-corrected chi connectivity index (χ0v) is 52.4. The molecule has 0 aliphatic carbocycles. The number of amides is 3. The third-order valence-corrected chi connectivity index (χ3v) is 17.8. The van der Waals surface area contributed by atoms with E-state index >= 15 is 0 Å². The van der Waals surface area contributed by atoms with Gasteiger partial charge in [0.15, 0.2) is 50.3 Å². The zero-order valence-electron chi connectivity index (χ0n) is 52.4. The van der Waals surface area contributed by atoms with Gasteiger partial charge in [0.1, 0.15) is 195 Å². The molecule has 3 amide bonds. The number of hydrogen-bond donors (Lipinski definition) is 26. The van der Waals surface area contributed by atoms with Crippen molar-refractivity contribution in [3.8, 4) is 0 Å². The molecule has 0 aromatic carbocycles. The average molecular weight is 1440 g/mol. The maximum absolute atomic E-state index is 12.8. The molecule has 8 heterocycles. The summed E-state index contributed by atoms with van der Waals surface area (Å²) >= 11 is 0. The van der Waals surface area contributed by atoms with Crippen LogP contribution in [0.25, 0.3) is 0 Å². The molecule has 568 valence electrons. The monoisotopic (exact) mass is 1440 g/mol. The third kappa shape index (κ3) is 17.5. The highest BCUT2D eigenvalue weighted by atomic mass is 16.8. The van der Waals surface area contributed by atoms with Gasteiger partial charge < -0.3 is 204 Å². The van der Waals surface area contributed by atoms with E-state index in [0.717, 1.165) is 20.8 Å². The minimum atomic E-state index is -2.45. The number of nitrogens with one attached hydrogen (secondary N) is 3. The van der Waals surface area contributed by atoms with Crippen molar-refractivity contribution in [3.63, 3.8) is 0 Å². The Morgan fingerprint density at radius 2 is 0.551 bits per heavy atom. The predicted molar refractivity (Wildman–Crippen MR) is 299 cm³/mol. The summed E-state index contributed by atoms with van der Waals surface area (Å²) in [5.41, 5.74) is 0. The maximum Gasteiger partial charge on any atom is 0.217 e. The van der Waals surface area contributed by atoms with E-state index in [-0.39, 0.29) is 0 Å². The van der Waals surface area contributed by atoms with Crippen molar-refractivity contribution in [2.75, 3.05) is 52.9 Å². The van der Waals surface area contributed by atoms with E-state index in [1.807, 2.05) is 0 Å². The van der Waals surface area contributed by atoms with Crippen LogP contribution in [0.2, 0.25) is 0 Å². The quantitative estimate of drug-likeness (QED) is 0.0404. The van der Waals surface area contributed by atoms with E-state index in [4.69, 9.17) is 71.1 Å². The first-order valence-electron chi connectivity index (χ1n) is 31.1. The Balaban J connectivity index is 1.10. The van der Waals surface area contributed by atoms with Crippen molar-refractivity contribution < 1.29 is 203 Å². The summed E-state index contributed by atoms with van der Waals surface area (Å²) in [6.45, 7) is -5.49. The van der Waals surface area contributed by atoms with Crippen molar-refractivity contribution in [3.05, 3.63) is 0 Å². The maximum atomic E-state index is 12.8. The summed E-state index contributed by atoms with van der Waals surface area (Å²) in [7, 11) is 0. The number of ether oxygens (including phenoxy) is 15. The molecule has 0 saturated carbocycles. The normalized spacial score (nSPS) is 49.5. The van der Waals surface area contributed by atoms with Crippen LogP contribution in [-0.4, -0.2) is 433 Å². The number of hydrogen-bond acceptors (Lipinski definition) is 41. The molecule has 0 spiro atoms. The van der Waals surface area contributed by atoms with Gasteiger partial charge in [-0.05, 0) is 0 Å². The Morgan fingerprint density at radius 3 is 0.939 bits per heavy atom. The van der Waals surface area contributed by atoms with E-state index in [1.54, 1.807) is 0 Å². The van der Waals surface area contributed by atoms with Gasteiger partial charge in [0, 0.05) is 20.8 Å². The van der Waals surface area contributed by atoms with Crippen LogP contribution >= 0.6 is 0 Å². The lowest BCUT2D eigenvalue weighted by Gasteiger charge is -2.51. The zero-order chi connectivity index (χ0) is 72.2. The molecule has 8 fully saturated rings. The van der Waals surface area contributed by atoms with E-state index in [0.29, 0.717) is 0 Å². The Hall–Kier alpha value is -3.11. The molecule has 0 bridgehead atoms. The van der Waals surface area contributed by atoms with Crippen LogP contribution in [0.15, 0.2) is 0 Å². The molecule has 26 N–H and O–H groups in total. The van der Waals surface area contributed by atoms with E-state index in [9.17, 15) is 132 Å². The molecule has 0 aromatic heterocycles. The van der Waals surface area contributed by atoms with Gasteiger partial charge in [0.2, 0.25) is 17.7 Å². The van der Waals surface area contributed by atoms with Gasteiger partial charge in [0.05, 0.1) is 52.9 Å². The van der Waals surface area contributed by atoms with Crippen LogP contribution in [0, 0.1) is 0 Å². The van der Waals surface area contributed by atoms with Crippen molar-refractivity contribution in [1.29, 1.82) is 0 Å². The summed E-state index contributed by atoms with van der Waals surface area (Å²) in [5.74, 6) is -2.65. The number of aliphatic hydroxyl groups is 23. The highest BCUT2D eigenvalue weighted by molar-refractivity contribution is 5.74. The average Bonchev–Trinajstić information content (AvgIpc) is 0.774. The molecule has 44 heteroatoms. The van der Waals surface area contributed by atoms with Gasteiger partial charge in [-0.2, -0.15) is 0 Å². The molecular weight excluding hydrogens is 1350 g/mol. The van der Waals surface area contributed by atoms with Crippen molar-refractivity contribution in [2.24, 2.45) is 0 Å². The van der Waals surface area contributed by atoms with Crippen LogP contribution in [0.4, 0.5) is 0 Å². The second-order valence-electron chi connectivity index (χ2n) is 24.6. The van der Waals surface area contributed by atoms with Gasteiger partial charge in [-0.25, -0.2) is 0 Å². The molecule has 40 atom stereocenters. The third-order valence-electron chi connectivity index (χ3n) is 17.8. The molecule has 8 aliphatic heterocycles. The molecule has 8 aliphatic rings. The van der Waals surface area contributed by atoms with E-state index in [2.05, 4.69) is 16.0 Å². The molecule has 8 rings (SSSR count). The van der Waals surface area contributed by atoms with Crippen molar-refractivity contribution in [2.45, 2.75) is 266 Å². The summed E-state index contributed by atoms with van der Waals surface area (Å²) in [6.07, 6.45) is -75.2. The molecule has 98 heavy (non-hydrogen) atoms. The molecule has 0 aromatic rings. The largest absolute Gasteiger partial charge is 0.394 e. The lowest BCUT2D eigenvalue weighted by atomic mass is 9.94. The first-order chi connectivity index (χ1) is 46.4. The first kappa shape index (κ1) is 80.6. The minimum absolute atomic E-state index is 0.827. The van der Waals surface area contributed by atoms with Gasteiger partial charge >= 0.3 is 0 Å². The molecule has 0 radical (unpaired) electrons. The SMILES string of the molecule is CC(=O)N[C@H]1[C@H](O[C@@H]2[C@@H](OC[C@H]3O[C@@H](O[C@H]4[C@H](O)[C@@H](NC(C)=O)C(O)O[C@@H]4CO)[C@@H](O)[C@@H](O[C@H]4O[C@H](CO)[C@@H](O)[C@H](O)[C@@H]4O[C@@H]4O[C@H](CO)[C@@H](O[C@@H]5O[C@H](CO)[C@H](O)[C@H](O)[C@H]5O)[C@H](O)[C@H]4NC(C)=O)[C@@H]3O)O[C@H](CO)[C@@H](O)[C@@H]2O)O[C@H](CO)[C@@H](O[C@@H]2O[C@H](CO)[C@H](O)[C@H](O)[C@H]2O)[C@@H]1O. The number of rotatable bonds is 25. The topological polar surface area (TPSA) is 691 Å². The van der Waals surface area contributed by atoms with E-state index in [1.165, 1.54) is 0 Å². The van der Waals surface area contributed by atoms with Gasteiger partial charge in [-0.3, -0.25) is 14.4 Å². The number of carbonyl (C=O) groups excluding carboxylic acids is 3. The van der Waals surface area contributed by atoms with Crippen molar-refractivity contribution in [1.82, 2.24) is 16.0 Å². The van der Waals surface area contributed by atoms with Crippen LogP contribution in [-0.2, 0) is 85.4 Å². The predicted octanol–water partition coefficient (Wildman–Crippen LogP) is -18.0. The van der Waals surface area contributed by atoms with Gasteiger partial charge in [0.25, 0.3) is 0 Å². The fraction of sp³-hybridized carbons (Fsp3) is 0.944. The Labute approximate surface area is 554 Å². The van der Waals surface area contributed by atoms with Gasteiger partial charge in [-0.15, -0.1) is 0 Å². The van der Waals surface area contributed by atoms with E-state index < -0.39 is 316 Å². The fourth-order valence-corrected chi connectivity index (χ4v) is 12.6. The van der Waals surface area contributed by atoms with Crippen molar-refractivity contribution >= 4 is 17.7 Å². The highest BCUT2D eigenvalue weighted by Crippen LogP contribution is 2.39. The second-order valence-corrected chi connectivity index (χ2v) is 24.6. The Kier molecular flexibility index (Phi) is 28.9. The number of aliphatic hydroxyl groups excluding tert-OH is 23. The molecule has 8 saturated heterocycles. The summed E-state index contributed by atoms with van der Waals surface area (Å²) in [5, 5.41) is 259. The number of carbonyl (C=O) groups is 3. The summed E-state index contributed by atoms with van der Waals surface area (Å²) in [6, 6.07) is -5.48. The van der Waals surface area contributed by atoms with Gasteiger partial charge in [-0.1, -0.05) is 0 Å². The second kappa shape index (κ2) is 35.1. The van der Waals surface area contributed by atoms with Crippen LogP contribution in [0.5, 0.6) is 0 Å². The lowest BCUT2D eigenvalue weighted by Crippen LogP contribution is -2.70. The standard InChI is InChI=1S/C54H91N3O41/c1-12(65)55-23-31(73)41(19(8-62)85-47(23)83)95-52-40(82)44(96-54-46(37(79)29(71)18(7-61)89-54)98-49-25(57-14(3)67)33(75)43(21(10-64)91-49)94-51-39(81)35(77)27(69)16(5-59)87-51)30(72)22(92-52)11-84-53-45(36(78)28(70)17(6-60)88-53)97-48-24(56-13(2)66)32(74)42(20(9-63)90-48)93-50-38(80)34(76)26(68)15(4-58)86-50/h15-54,58-64,68-83H,4-11H2,1-3H3,(H,55,65)(H,56,66)(H,57,67)/t15-,16-,17-,18-,19-,20-,21-,22-,23-,24-,25-,26+,27+,28-,29-,30-,31-,32-,33-,34+,35+,36+,37+,38-,39-,40+,41-,42-,43-,44+,45+,46+,47?,48+,49+,50+,51+,52+,53+,54-/m1/s1. The minimum Gasteiger partial charge on any atom is -0.394 e. The highest BCUT2D eigenvalue weighted by Gasteiger charge is 2.60. The Bertz CT molecular complexity index is 2510.